The monoisotopic (exact) mass is 516 g/mol. The highest BCUT2D eigenvalue weighted by Crippen LogP contribution is 2.32. The van der Waals surface area contributed by atoms with E-state index in [4.69, 9.17) is 4.74 Å². The van der Waals surface area contributed by atoms with Crippen molar-refractivity contribution in [2.24, 2.45) is 0 Å². The molecule has 0 bridgehead atoms. The van der Waals surface area contributed by atoms with Crippen LogP contribution in [0.5, 0.6) is 5.75 Å². The first-order chi connectivity index (χ1) is 18.0. The lowest BCUT2D eigenvalue weighted by atomic mass is 9.98. The molecule has 0 saturated carbocycles. The molecule has 190 valence electrons. The zero-order valence-electron chi connectivity index (χ0n) is 20.7. The van der Waals surface area contributed by atoms with Crippen molar-refractivity contribution in [3.05, 3.63) is 76.2 Å². The average Bonchev–Trinajstić information content (AvgIpc) is 3.61. The Hall–Kier alpha value is -4.18. The van der Waals surface area contributed by atoms with Gasteiger partial charge in [0.25, 0.3) is 5.91 Å². The number of benzene rings is 2. The molecule has 3 amide bonds. The second kappa shape index (κ2) is 10.8. The van der Waals surface area contributed by atoms with Gasteiger partial charge in [0, 0.05) is 30.5 Å². The van der Waals surface area contributed by atoms with E-state index >= 15 is 0 Å². The largest absolute Gasteiger partial charge is 0.495 e. The van der Waals surface area contributed by atoms with Crippen molar-refractivity contribution in [3.63, 3.8) is 0 Å². The molecule has 0 aliphatic carbocycles. The number of para-hydroxylation sites is 1. The number of methoxy groups -OCH3 is 1. The second-order valence-corrected chi connectivity index (χ2v) is 9.79. The van der Waals surface area contributed by atoms with E-state index < -0.39 is 0 Å². The third-order valence-corrected chi connectivity index (χ3v) is 7.48. The van der Waals surface area contributed by atoms with Gasteiger partial charge in [-0.25, -0.2) is 9.78 Å². The molecule has 10 heteroatoms. The van der Waals surface area contributed by atoms with Gasteiger partial charge in [0.2, 0.25) is 0 Å². The fraction of sp³-hybridized carbons (Fsp3) is 0.259. The number of carbonyl (C=O) groups is 2. The van der Waals surface area contributed by atoms with Crippen LogP contribution < -0.4 is 15.4 Å². The van der Waals surface area contributed by atoms with E-state index in [1.165, 1.54) is 11.3 Å². The lowest BCUT2D eigenvalue weighted by Gasteiger charge is -2.30. The molecule has 5 rings (SSSR count). The number of piperidine rings is 1. The third kappa shape index (κ3) is 5.49. The zero-order valence-corrected chi connectivity index (χ0v) is 21.5. The summed E-state index contributed by atoms with van der Waals surface area (Å²) in [5.74, 6) is 1.05. The van der Waals surface area contributed by atoms with Crippen molar-refractivity contribution < 1.29 is 14.3 Å². The summed E-state index contributed by atoms with van der Waals surface area (Å²) in [7, 11) is 1.58. The van der Waals surface area contributed by atoms with E-state index in [1.807, 2.05) is 61.5 Å². The van der Waals surface area contributed by atoms with Crippen LogP contribution in [0, 0.1) is 6.92 Å². The predicted octanol–water partition coefficient (Wildman–Crippen LogP) is 5.51. The summed E-state index contributed by atoms with van der Waals surface area (Å²) in [6.07, 6.45) is 1.56. The lowest BCUT2D eigenvalue weighted by molar-refractivity contribution is 0.102. The summed E-state index contributed by atoms with van der Waals surface area (Å²) in [4.78, 5) is 32.0. The molecule has 3 heterocycles. The predicted molar refractivity (Wildman–Crippen MR) is 144 cm³/mol. The number of aromatic amines is 1. The van der Waals surface area contributed by atoms with Gasteiger partial charge >= 0.3 is 6.03 Å². The van der Waals surface area contributed by atoms with Gasteiger partial charge in [0.05, 0.1) is 23.5 Å². The Morgan fingerprint density at radius 2 is 1.86 bits per heavy atom. The highest BCUT2D eigenvalue weighted by Gasteiger charge is 2.27. The summed E-state index contributed by atoms with van der Waals surface area (Å²) >= 11 is 1.49. The third-order valence-electron chi connectivity index (χ3n) is 6.48. The summed E-state index contributed by atoms with van der Waals surface area (Å²) in [6, 6.07) is 17.1. The Morgan fingerprint density at radius 1 is 1.08 bits per heavy atom. The molecule has 4 aromatic rings. The number of aryl methyl sites for hydroxylation is 1. The molecule has 9 nitrogen and oxygen atoms in total. The zero-order chi connectivity index (χ0) is 25.8. The van der Waals surface area contributed by atoms with Crippen LogP contribution in [0.2, 0.25) is 0 Å². The molecule has 37 heavy (non-hydrogen) atoms. The normalized spacial score (nSPS) is 13.8. The van der Waals surface area contributed by atoms with Crippen molar-refractivity contribution in [2.75, 3.05) is 30.8 Å². The van der Waals surface area contributed by atoms with Crippen LogP contribution in [0.25, 0.3) is 11.3 Å². The first kappa shape index (κ1) is 24.5. The number of thiazole rings is 1. The highest BCUT2D eigenvalue weighted by molar-refractivity contribution is 7.10. The number of anilines is 2. The fourth-order valence-electron chi connectivity index (χ4n) is 4.40. The SMILES string of the molecule is COc1cccc(C)c1NC(=O)c1csc(C2CCN(C(=O)Nc3cc(-c4ccccc4)[nH]n3)CC2)n1. The minimum absolute atomic E-state index is 0.170. The molecule has 0 spiro atoms. The van der Waals surface area contributed by atoms with Crippen molar-refractivity contribution in [2.45, 2.75) is 25.7 Å². The van der Waals surface area contributed by atoms with Gasteiger partial charge in [-0.15, -0.1) is 11.3 Å². The Kier molecular flexibility index (Phi) is 7.18. The van der Waals surface area contributed by atoms with Crippen LogP contribution in [-0.2, 0) is 0 Å². The molecule has 1 fully saturated rings. The number of likely N-dealkylation sites (tertiary alicyclic amines) is 1. The minimum atomic E-state index is -0.263. The lowest BCUT2D eigenvalue weighted by Crippen LogP contribution is -2.40. The molecule has 0 atom stereocenters. The second-order valence-electron chi connectivity index (χ2n) is 8.90. The summed E-state index contributed by atoms with van der Waals surface area (Å²) in [5.41, 5.74) is 3.81. The molecular formula is C27H28N6O3S. The van der Waals surface area contributed by atoms with Gasteiger partial charge in [0.15, 0.2) is 5.82 Å². The number of amides is 3. The van der Waals surface area contributed by atoms with Crippen LogP contribution >= 0.6 is 11.3 Å². The maximum atomic E-state index is 12.8. The van der Waals surface area contributed by atoms with E-state index in [2.05, 4.69) is 25.8 Å². The maximum absolute atomic E-state index is 12.8. The Morgan fingerprint density at radius 3 is 2.62 bits per heavy atom. The number of nitrogens with one attached hydrogen (secondary N) is 3. The molecule has 0 unspecified atom stereocenters. The highest BCUT2D eigenvalue weighted by atomic mass is 32.1. The van der Waals surface area contributed by atoms with E-state index in [-0.39, 0.29) is 17.9 Å². The number of aromatic nitrogens is 3. The summed E-state index contributed by atoms with van der Waals surface area (Å²) in [5, 5.41) is 15.7. The fourth-order valence-corrected chi connectivity index (χ4v) is 5.37. The van der Waals surface area contributed by atoms with E-state index in [1.54, 1.807) is 17.4 Å². The number of ether oxygens (including phenoxy) is 1. The maximum Gasteiger partial charge on any atom is 0.323 e. The van der Waals surface area contributed by atoms with Crippen LogP contribution in [-0.4, -0.2) is 52.2 Å². The Bertz CT molecular complexity index is 1390. The van der Waals surface area contributed by atoms with Gasteiger partial charge in [-0.3, -0.25) is 15.2 Å². The number of H-pyrrole nitrogens is 1. The minimum Gasteiger partial charge on any atom is -0.495 e. The number of hydrogen-bond donors (Lipinski definition) is 3. The molecule has 3 N–H and O–H groups in total. The van der Waals surface area contributed by atoms with Gasteiger partial charge in [0.1, 0.15) is 11.4 Å². The quantitative estimate of drug-likeness (QED) is 0.313. The van der Waals surface area contributed by atoms with Gasteiger partial charge in [-0.1, -0.05) is 42.5 Å². The van der Waals surface area contributed by atoms with Crippen molar-refractivity contribution in [3.8, 4) is 17.0 Å². The molecular weight excluding hydrogens is 488 g/mol. The number of hydrogen-bond acceptors (Lipinski definition) is 6. The van der Waals surface area contributed by atoms with Crippen LogP contribution in [0.15, 0.2) is 60.0 Å². The number of rotatable bonds is 6. The van der Waals surface area contributed by atoms with Gasteiger partial charge in [-0.05, 0) is 37.0 Å². The topological polar surface area (TPSA) is 112 Å². The van der Waals surface area contributed by atoms with Crippen molar-refractivity contribution in [1.82, 2.24) is 20.1 Å². The van der Waals surface area contributed by atoms with Crippen molar-refractivity contribution >= 4 is 34.8 Å². The summed E-state index contributed by atoms with van der Waals surface area (Å²) < 4.78 is 5.38. The molecule has 0 radical (unpaired) electrons. The Balaban J connectivity index is 1.15. The molecule has 1 aliphatic rings. The van der Waals surface area contributed by atoms with Gasteiger partial charge < -0.3 is 15.0 Å². The summed E-state index contributed by atoms with van der Waals surface area (Å²) in [6.45, 7) is 3.13. The van der Waals surface area contributed by atoms with E-state index in [9.17, 15) is 9.59 Å². The smallest absolute Gasteiger partial charge is 0.323 e. The van der Waals surface area contributed by atoms with E-state index in [0.29, 0.717) is 36.0 Å². The van der Waals surface area contributed by atoms with Gasteiger partial charge in [-0.2, -0.15) is 5.10 Å². The Labute approximate surface area is 218 Å². The molecule has 2 aromatic heterocycles. The van der Waals surface area contributed by atoms with Crippen molar-refractivity contribution in [1.29, 1.82) is 0 Å². The first-order valence-electron chi connectivity index (χ1n) is 12.1. The van der Waals surface area contributed by atoms with Crippen LogP contribution in [0.1, 0.15) is 39.8 Å². The van der Waals surface area contributed by atoms with Crippen LogP contribution in [0.3, 0.4) is 0 Å². The number of urea groups is 1. The number of nitrogens with zero attached hydrogens (tertiary/aromatic N) is 3. The average molecular weight is 517 g/mol. The van der Waals surface area contributed by atoms with Crippen LogP contribution in [0.4, 0.5) is 16.3 Å². The molecule has 2 aromatic carbocycles. The van der Waals surface area contributed by atoms with E-state index in [0.717, 1.165) is 34.7 Å². The standard InChI is InChI=1S/C27H28N6O3S/c1-17-7-6-10-22(36-2)24(17)30-25(34)21-16-37-26(28-21)19-11-13-33(14-12-19)27(35)29-23-15-20(31-32-23)18-8-4-3-5-9-18/h3-10,15-16,19H,11-14H2,1-2H3,(H,30,34)(H2,29,31,32,35). The molecule has 1 saturated heterocycles. The first-order valence-corrected chi connectivity index (χ1v) is 13.0. The number of carbonyl (C=O) groups excluding carboxylic acids is 2. The molecule has 1 aliphatic heterocycles.